The first-order chi connectivity index (χ1) is 12.2. The van der Waals surface area contributed by atoms with Gasteiger partial charge in [-0.15, -0.1) is 0 Å². The number of benzene rings is 3. The molecule has 0 saturated carbocycles. The van der Waals surface area contributed by atoms with E-state index >= 15 is 0 Å². The summed E-state index contributed by atoms with van der Waals surface area (Å²) in [5.74, 6) is -0.737. The summed E-state index contributed by atoms with van der Waals surface area (Å²) in [6.45, 7) is -0.241. The number of fused-ring (bicyclic) bond motifs is 3. The molecule has 0 aliphatic heterocycles. The predicted octanol–water partition coefficient (Wildman–Crippen LogP) is 4.41. The maximum Gasteiger partial charge on any atom is 0.262 e. The summed E-state index contributed by atoms with van der Waals surface area (Å²) in [7, 11) is 0. The molecule has 0 aromatic heterocycles. The Balaban J connectivity index is 1.46. The van der Waals surface area contributed by atoms with Crippen molar-refractivity contribution in [2.75, 3.05) is 11.9 Å². The number of para-hydroxylation sites is 1. The molecular formula is C21H16FNO2. The first-order valence-corrected chi connectivity index (χ1v) is 8.09. The third-order valence-corrected chi connectivity index (χ3v) is 4.28. The summed E-state index contributed by atoms with van der Waals surface area (Å²) >= 11 is 0. The number of anilines is 1. The zero-order chi connectivity index (χ0) is 17.2. The highest BCUT2D eigenvalue weighted by Gasteiger charge is 2.18. The molecule has 0 saturated heterocycles. The molecular weight excluding hydrogens is 317 g/mol. The van der Waals surface area contributed by atoms with Gasteiger partial charge < -0.3 is 10.1 Å². The second kappa shape index (κ2) is 6.40. The molecule has 4 heteroatoms. The number of nitrogens with one attached hydrogen (secondary N) is 1. The van der Waals surface area contributed by atoms with Crippen LogP contribution in [0.5, 0.6) is 5.75 Å². The zero-order valence-corrected chi connectivity index (χ0v) is 13.5. The lowest BCUT2D eigenvalue weighted by molar-refractivity contribution is -0.118. The molecule has 3 aromatic rings. The van der Waals surface area contributed by atoms with Crippen molar-refractivity contribution in [3.8, 4) is 16.9 Å². The smallest absolute Gasteiger partial charge is 0.262 e. The monoisotopic (exact) mass is 333 g/mol. The van der Waals surface area contributed by atoms with E-state index in [-0.39, 0.29) is 18.3 Å². The minimum atomic E-state index is -0.482. The van der Waals surface area contributed by atoms with Crippen molar-refractivity contribution in [3.05, 3.63) is 83.7 Å². The van der Waals surface area contributed by atoms with Gasteiger partial charge in [-0.25, -0.2) is 4.39 Å². The quantitative estimate of drug-likeness (QED) is 0.600. The average molecular weight is 333 g/mol. The van der Waals surface area contributed by atoms with Crippen LogP contribution in [0.15, 0.2) is 66.7 Å². The second-order valence-corrected chi connectivity index (χ2v) is 5.97. The lowest BCUT2D eigenvalue weighted by Crippen LogP contribution is -2.20. The van der Waals surface area contributed by atoms with Gasteiger partial charge in [-0.1, -0.05) is 42.5 Å². The third-order valence-electron chi connectivity index (χ3n) is 4.28. The number of rotatable bonds is 4. The van der Waals surface area contributed by atoms with Gasteiger partial charge in [0.25, 0.3) is 5.91 Å². The van der Waals surface area contributed by atoms with Gasteiger partial charge in [0.05, 0.1) is 0 Å². The molecule has 25 heavy (non-hydrogen) atoms. The molecule has 0 bridgehead atoms. The standard InChI is InChI=1S/C21H16FNO2/c22-19-7-3-4-8-20(19)25-13-21(24)23-16-10-9-15-11-14-5-1-2-6-17(14)18(15)12-16/h1-10,12H,11,13H2,(H,23,24). The second-order valence-electron chi connectivity index (χ2n) is 5.97. The van der Waals surface area contributed by atoms with Gasteiger partial charge in [0.15, 0.2) is 18.2 Å². The normalized spacial score (nSPS) is 11.6. The Kier molecular flexibility index (Phi) is 3.94. The van der Waals surface area contributed by atoms with Crippen molar-refractivity contribution in [1.29, 1.82) is 0 Å². The van der Waals surface area contributed by atoms with Gasteiger partial charge >= 0.3 is 0 Å². The van der Waals surface area contributed by atoms with Crippen molar-refractivity contribution in [2.24, 2.45) is 0 Å². The van der Waals surface area contributed by atoms with E-state index in [1.807, 2.05) is 30.3 Å². The number of hydrogen-bond donors (Lipinski definition) is 1. The SMILES string of the molecule is O=C(COc1ccccc1F)Nc1ccc2c(c1)-c1ccccc1C2. The Bertz CT molecular complexity index is 952. The van der Waals surface area contributed by atoms with Crippen LogP contribution >= 0.6 is 0 Å². The minimum Gasteiger partial charge on any atom is -0.481 e. The third kappa shape index (κ3) is 3.11. The summed E-state index contributed by atoms with van der Waals surface area (Å²) in [5, 5.41) is 2.81. The number of ether oxygens (including phenoxy) is 1. The van der Waals surface area contributed by atoms with E-state index in [0.717, 1.165) is 12.0 Å². The van der Waals surface area contributed by atoms with Crippen molar-refractivity contribution < 1.29 is 13.9 Å². The Morgan fingerprint density at radius 3 is 2.60 bits per heavy atom. The largest absolute Gasteiger partial charge is 0.481 e. The number of carbonyl (C=O) groups excluding carboxylic acids is 1. The Morgan fingerprint density at radius 2 is 1.72 bits per heavy atom. The first-order valence-electron chi connectivity index (χ1n) is 8.09. The van der Waals surface area contributed by atoms with E-state index in [2.05, 4.69) is 17.4 Å². The first kappa shape index (κ1) is 15.4. The summed E-state index contributed by atoms with van der Waals surface area (Å²) in [5.41, 5.74) is 5.60. The molecule has 0 spiro atoms. The van der Waals surface area contributed by atoms with Crippen LogP contribution in [0, 0.1) is 5.82 Å². The molecule has 1 aliphatic carbocycles. The molecule has 4 rings (SSSR count). The van der Waals surface area contributed by atoms with Crippen LogP contribution in [0.25, 0.3) is 11.1 Å². The van der Waals surface area contributed by atoms with Crippen molar-refractivity contribution in [3.63, 3.8) is 0 Å². The summed E-state index contributed by atoms with van der Waals surface area (Å²) in [6, 6.07) is 20.2. The summed E-state index contributed by atoms with van der Waals surface area (Å²) < 4.78 is 18.7. The van der Waals surface area contributed by atoms with Gasteiger partial charge in [-0.3, -0.25) is 4.79 Å². The van der Waals surface area contributed by atoms with E-state index < -0.39 is 5.82 Å². The molecule has 1 aliphatic rings. The fourth-order valence-electron chi connectivity index (χ4n) is 3.10. The molecule has 1 N–H and O–H groups in total. The summed E-state index contributed by atoms with van der Waals surface area (Å²) in [6.07, 6.45) is 0.913. The topological polar surface area (TPSA) is 38.3 Å². The highest BCUT2D eigenvalue weighted by Crippen LogP contribution is 2.37. The maximum absolute atomic E-state index is 13.5. The molecule has 0 atom stereocenters. The number of hydrogen-bond acceptors (Lipinski definition) is 2. The molecule has 3 nitrogen and oxygen atoms in total. The van der Waals surface area contributed by atoms with Crippen molar-refractivity contribution >= 4 is 11.6 Å². The Hall–Kier alpha value is -3.14. The fraction of sp³-hybridized carbons (Fsp3) is 0.0952. The minimum absolute atomic E-state index is 0.0699. The molecule has 0 fully saturated rings. The molecule has 3 aromatic carbocycles. The highest BCUT2D eigenvalue weighted by atomic mass is 19.1. The molecule has 0 heterocycles. The van der Waals surface area contributed by atoms with Gasteiger partial charge in [0, 0.05) is 5.69 Å². The van der Waals surface area contributed by atoms with Gasteiger partial charge in [-0.05, 0) is 52.9 Å². The lowest BCUT2D eigenvalue weighted by atomic mass is 10.1. The fourth-order valence-corrected chi connectivity index (χ4v) is 3.10. The van der Waals surface area contributed by atoms with Crippen LogP contribution in [-0.4, -0.2) is 12.5 Å². The zero-order valence-electron chi connectivity index (χ0n) is 13.5. The van der Waals surface area contributed by atoms with E-state index in [9.17, 15) is 9.18 Å². The van der Waals surface area contributed by atoms with Crippen LogP contribution in [0.3, 0.4) is 0 Å². The predicted molar refractivity (Wildman–Crippen MR) is 95.2 cm³/mol. The van der Waals surface area contributed by atoms with Crippen LogP contribution in [0.4, 0.5) is 10.1 Å². The molecule has 1 amide bonds. The van der Waals surface area contributed by atoms with Crippen molar-refractivity contribution in [1.82, 2.24) is 0 Å². The highest BCUT2D eigenvalue weighted by molar-refractivity contribution is 5.93. The van der Waals surface area contributed by atoms with E-state index in [4.69, 9.17) is 4.74 Å². The van der Waals surface area contributed by atoms with Crippen molar-refractivity contribution in [2.45, 2.75) is 6.42 Å². The van der Waals surface area contributed by atoms with Gasteiger partial charge in [-0.2, -0.15) is 0 Å². The molecule has 0 radical (unpaired) electrons. The number of halogens is 1. The van der Waals surface area contributed by atoms with Crippen LogP contribution in [0.2, 0.25) is 0 Å². The van der Waals surface area contributed by atoms with E-state index in [1.54, 1.807) is 12.1 Å². The maximum atomic E-state index is 13.5. The molecule has 0 unspecified atom stereocenters. The van der Waals surface area contributed by atoms with Gasteiger partial charge in [0.1, 0.15) is 0 Å². The number of amides is 1. The lowest BCUT2D eigenvalue weighted by Gasteiger charge is -2.09. The van der Waals surface area contributed by atoms with E-state index in [1.165, 1.54) is 28.8 Å². The van der Waals surface area contributed by atoms with E-state index in [0.29, 0.717) is 5.69 Å². The van der Waals surface area contributed by atoms with Crippen LogP contribution < -0.4 is 10.1 Å². The Morgan fingerprint density at radius 1 is 0.960 bits per heavy atom. The Labute approximate surface area is 145 Å². The molecule has 124 valence electrons. The van der Waals surface area contributed by atoms with Gasteiger partial charge in [0.2, 0.25) is 0 Å². The van der Waals surface area contributed by atoms with Crippen LogP contribution in [-0.2, 0) is 11.2 Å². The number of carbonyl (C=O) groups is 1. The van der Waals surface area contributed by atoms with Crippen LogP contribution in [0.1, 0.15) is 11.1 Å². The average Bonchev–Trinajstić information content (AvgIpc) is 2.99. The summed E-state index contributed by atoms with van der Waals surface area (Å²) in [4.78, 5) is 12.1.